The van der Waals surface area contributed by atoms with Crippen LogP contribution in [0, 0.1) is 11.3 Å². The molecular formula is C17H12Cl4F4N4O3S. The average Bonchev–Trinajstić information content (AvgIpc) is 2.99. The number of hydrogen-bond acceptors (Lipinski definition) is 6. The minimum atomic E-state index is -4.75. The van der Waals surface area contributed by atoms with E-state index in [0.717, 1.165) is 4.68 Å². The number of ether oxygens (including phenoxy) is 2. The Morgan fingerprint density at radius 1 is 1.24 bits per heavy atom. The maximum Gasteiger partial charge on any atom is 0.416 e. The van der Waals surface area contributed by atoms with Crippen molar-refractivity contribution in [3.8, 4) is 11.8 Å². The van der Waals surface area contributed by atoms with Gasteiger partial charge in [-0.1, -0.05) is 46.4 Å². The van der Waals surface area contributed by atoms with Crippen molar-refractivity contribution in [3.63, 3.8) is 0 Å². The molecule has 1 aromatic carbocycles. The number of thioether (sulfide) groups is 1. The van der Waals surface area contributed by atoms with Crippen LogP contribution < -0.4 is 5.32 Å². The predicted molar refractivity (Wildman–Crippen MR) is 116 cm³/mol. The zero-order chi connectivity index (χ0) is 25.0. The van der Waals surface area contributed by atoms with E-state index in [-0.39, 0.29) is 41.4 Å². The van der Waals surface area contributed by atoms with Crippen molar-refractivity contribution >= 4 is 69.9 Å². The molecule has 0 saturated carbocycles. The topological polar surface area (TPSA) is 89.2 Å². The van der Waals surface area contributed by atoms with Gasteiger partial charge in [-0.05, 0) is 23.9 Å². The van der Waals surface area contributed by atoms with Crippen molar-refractivity contribution in [2.45, 2.75) is 15.0 Å². The van der Waals surface area contributed by atoms with Crippen LogP contribution in [-0.4, -0.2) is 46.5 Å². The molecule has 1 heterocycles. The third-order valence-electron chi connectivity index (χ3n) is 3.64. The first-order valence-corrected chi connectivity index (χ1v) is 10.8. The molecule has 2 aromatic rings. The lowest BCUT2D eigenvalue weighted by Gasteiger charge is -2.16. The van der Waals surface area contributed by atoms with E-state index in [9.17, 15) is 27.6 Å². The minimum Gasteiger partial charge on any atom is -0.382 e. The van der Waals surface area contributed by atoms with Gasteiger partial charge in [-0.25, -0.2) is 4.68 Å². The first kappa shape index (κ1) is 27.8. The van der Waals surface area contributed by atoms with Gasteiger partial charge in [-0.3, -0.25) is 4.79 Å². The highest BCUT2D eigenvalue weighted by Crippen LogP contribution is 2.47. The van der Waals surface area contributed by atoms with Crippen LogP contribution in [0.2, 0.25) is 10.0 Å². The lowest BCUT2D eigenvalue weighted by atomic mass is 10.2. The standard InChI is InChI=1S/C17H12Cl4F4N4O3S/c1-31-2-3-32-7-12(30)27-15-14(33-17(20,21)25)11(6-26)28-29(15)13-9(18)4-8(5-10(13)19)16(22,23)24/h4-5H,2-3,7H2,1H3,(H,27,30). The Hall–Kier alpha value is -1.46. The summed E-state index contributed by atoms with van der Waals surface area (Å²) in [4.78, 5) is 12.0. The number of alkyl halides is 6. The van der Waals surface area contributed by atoms with E-state index in [0.29, 0.717) is 12.1 Å². The van der Waals surface area contributed by atoms with Crippen molar-refractivity contribution in [2.24, 2.45) is 0 Å². The summed E-state index contributed by atoms with van der Waals surface area (Å²) in [7, 11) is 1.42. The number of anilines is 1. The molecule has 1 amide bonds. The van der Waals surface area contributed by atoms with Crippen molar-refractivity contribution in [1.29, 1.82) is 5.26 Å². The maximum absolute atomic E-state index is 14.0. The van der Waals surface area contributed by atoms with Gasteiger partial charge < -0.3 is 14.8 Å². The first-order chi connectivity index (χ1) is 15.3. The van der Waals surface area contributed by atoms with E-state index in [2.05, 4.69) is 10.4 Å². The highest BCUT2D eigenvalue weighted by Gasteiger charge is 2.35. The molecule has 180 valence electrons. The lowest BCUT2D eigenvalue weighted by Crippen LogP contribution is -2.22. The molecule has 33 heavy (non-hydrogen) atoms. The molecule has 0 spiro atoms. The summed E-state index contributed by atoms with van der Waals surface area (Å²) in [6.07, 6.45) is -4.75. The number of halogens is 8. The number of carbonyl (C=O) groups excluding carboxylic acids is 1. The number of nitrogens with one attached hydrogen (secondary N) is 1. The second kappa shape index (κ2) is 11.3. The Morgan fingerprint density at radius 2 is 1.85 bits per heavy atom. The average molecular weight is 570 g/mol. The third-order valence-corrected chi connectivity index (χ3v) is 5.51. The first-order valence-electron chi connectivity index (χ1n) is 8.50. The zero-order valence-corrected chi connectivity index (χ0v) is 20.1. The van der Waals surface area contributed by atoms with Gasteiger partial charge in [0.1, 0.15) is 18.4 Å². The highest BCUT2D eigenvalue weighted by molar-refractivity contribution is 8.03. The Balaban J connectivity index is 2.61. The van der Waals surface area contributed by atoms with Crippen LogP contribution in [-0.2, 0) is 20.4 Å². The summed E-state index contributed by atoms with van der Waals surface area (Å²) in [5.41, 5.74) is -1.94. The second-order valence-electron chi connectivity index (χ2n) is 5.98. The van der Waals surface area contributed by atoms with E-state index >= 15 is 0 Å². The number of aromatic nitrogens is 2. The SMILES string of the molecule is COCCOCC(=O)Nc1c(SC(F)(Cl)Cl)c(C#N)nn1-c1c(Cl)cc(C(F)(F)F)cc1Cl. The molecule has 1 N–H and O–H groups in total. The molecule has 0 radical (unpaired) electrons. The maximum atomic E-state index is 14.0. The summed E-state index contributed by atoms with van der Waals surface area (Å²) in [5.74, 6) is -1.16. The summed E-state index contributed by atoms with van der Waals surface area (Å²) in [5, 5.41) is 14.6. The number of methoxy groups -OCH3 is 1. The van der Waals surface area contributed by atoms with Crippen molar-refractivity contribution in [2.75, 3.05) is 32.2 Å². The third kappa shape index (κ3) is 7.51. The fourth-order valence-corrected chi connectivity index (χ4v) is 4.13. The number of nitriles is 1. The van der Waals surface area contributed by atoms with Crippen LogP contribution in [0.5, 0.6) is 0 Å². The molecule has 0 fully saturated rings. The Kier molecular flexibility index (Phi) is 9.52. The summed E-state index contributed by atoms with van der Waals surface area (Å²) >= 11 is 23.0. The van der Waals surface area contributed by atoms with Gasteiger partial charge in [-0.15, -0.1) is 0 Å². The van der Waals surface area contributed by atoms with Crippen LogP contribution in [0.1, 0.15) is 11.3 Å². The van der Waals surface area contributed by atoms with Crippen LogP contribution in [0.3, 0.4) is 0 Å². The van der Waals surface area contributed by atoms with Crippen LogP contribution >= 0.6 is 58.2 Å². The molecule has 0 atom stereocenters. The van der Waals surface area contributed by atoms with Gasteiger partial charge in [-0.2, -0.15) is 27.9 Å². The van der Waals surface area contributed by atoms with Crippen LogP contribution in [0.4, 0.5) is 23.4 Å². The van der Waals surface area contributed by atoms with Gasteiger partial charge in [0.2, 0.25) is 0 Å². The summed E-state index contributed by atoms with van der Waals surface area (Å²) in [6.45, 7) is -0.218. The van der Waals surface area contributed by atoms with E-state index in [4.69, 9.17) is 55.9 Å². The van der Waals surface area contributed by atoms with Gasteiger partial charge in [0.15, 0.2) is 11.5 Å². The number of hydrogen-bond donors (Lipinski definition) is 1. The monoisotopic (exact) mass is 568 g/mol. The van der Waals surface area contributed by atoms with Crippen LogP contribution in [0.25, 0.3) is 5.69 Å². The molecule has 16 heteroatoms. The number of benzene rings is 1. The predicted octanol–water partition coefficient (Wildman–Crippen LogP) is 5.82. The number of rotatable bonds is 9. The smallest absolute Gasteiger partial charge is 0.382 e. The molecule has 0 aliphatic rings. The Morgan fingerprint density at radius 3 is 2.33 bits per heavy atom. The van der Waals surface area contributed by atoms with E-state index < -0.39 is 43.9 Å². The van der Waals surface area contributed by atoms with Gasteiger partial charge in [0, 0.05) is 7.11 Å². The largest absolute Gasteiger partial charge is 0.416 e. The van der Waals surface area contributed by atoms with E-state index in [1.165, 1.54) is 7.11 Å². The fourth-order valence-electron chi connectivity index (χ4n) is 2.37. The van der Waals surface area contributed by atoms with Crippen molar-refractivity contribution in [1.82, 2.24) is 9.78 Å². The Labute approximate surface area is 208 Å². The molecule has 0 aliphatic carbocycles. The molecular weight excluding hydrogens is 558 g/mol. The molecule has 0 bridgehead atoms. The molecule has 0 saturated heterocycles. The quantitative estimate of drug-likeness (QED) is 0.177. The van der Waals surface area contributed by atoms with Crippen LogP contribution in [0.15, 0.2) is 17.0 Å². The second-order valence-corrected chi connectivity index (χ2v) is 9.65. The lowest BCUT2D eigenvalue weighted by molar-refractivity contribution is -0.137. The minimum absolute atomic E-state index is 0.0712. The number of carbonyl (C=O) groups is 1. The molecule has 0 unspecified atom stereocenters. The van der Waals surface area contributed by atoms with Crippen molar-refractivity contribution < 1.29 is 31.8 Å². The van der Waals surface area contributed by atoms with Crippen molar-refractivity contribution in [3.05, 3.63) is 33.4 Å². The van der Waals surface area contributed by atoms with Gasteiger partial charge >= 0.3 is 10.1 Å². The fraction of sp³-hybridized carbons (Fsp3) is 0.353. The molecule has 1 aromatic heterocycles. The molecule has 2 rings (SSSR count). The molecule has 0 aliphatic heterocycles. The number of nitrogens with zero attached hydrogens (tertiary/aromatic N) is 3. The van der Waals surface area contributed by atoms with E-state index in [1.807, 2.05) is 0 Å². The summed E-state index contributed by atoms with van der Waals surface area (Å²) in [6, 6.07) is 2.80. The van der Waals surface area contributed by atoms with E-state index in [1.54, 1.807) is 6.07 Å². The van der Waals surface area contributed by atoms with Gasteiger partial charge in [0.05, 0.1) is 33.7 Å². The zero-order valence-electron chi connectivity index (χ0n) is 16.3. The Bertz CT molecular complexity index is 1050. The van der Waals surface area contributed by atoms with Gasteiger partial charge in [0.25, 0.3) is 5.91 Å². The summed E-state index contributed by atoms with van der Waals surface area (Å²) < 4.78 is 60.9. The normalized spacial score (nSPS) is 12.0. The highest BCUT2D eigenvalue weighted by atomic mass is 35.5. The number of amides is 1. The molecule has 7 nitrogen and oxygen atoms in total.